The first-order valence-electron chi connectivity index (χ1n) is 10.3. The first-order chi connectivity index (χ1) is 13.7. The fourth-order valence-corrected chi connectivity index (χ4v) is 3.68. The van der Waals surface area contributed by atoms with Crippen LogP contribution in [0.15, 0.2) is 24.3 Å². The van der Waals surface area contributed by atoms with Gasteiger partial charge in [-0.25, -0.2) is 0 Å². The van der Waals surface area contributed by atoms with Crippen LogP contribution >= 0.6 is 0 Å². The van der Waals surface area contributed by atoms with Crippen LogP contribution in [0, 0.1) is 10.8 Å². The van der Waals surface area contributed by atoms with E-state index in [0.29, 0.717) is 17.9 Å². The number of Topliss-reactive ketones (excluding diaryl/α,β-unsaturated/α-hetero) is 3. The minimum absolute atomic E-state index is 0.135. The minimum Gasteiger partial charge on any atom is -0.497 e. The van der Waals surface area contributed by atoms with Crippen LogP contribution in [0.25, 0.3) is 0 Å². The summed E-state index contributed by atoms with van der Waals surface area (Å²) >= 11 is 0. The zero-order valence-electron chi connectivity index (χ0n) is 19.1. The van der Waals surface area contributed by atoms with Gasteiger partial charge < -0.3 is 9.64 Å². The highest BCUT2D eigenvalue weighted by atomic mass is 16.5. The van der Waals surface area contributed by atoms with Crippen LogP contribution in [0.2, 0.25) is 0 Å². The summed E-state index contributed by atoms with van der Waals surface area (Å²) in [5.41, 5.74) is -2.52. The first-order valence-corrected chi connectivity index (χ1v) is 10.3. The summed E-state index contributed by atoms with van der Waals surface area (Å²) in [5, 5.41) is 0. The molecule has 0 aliphatic carbocycles. The normalized spacial score (nSPS) is 20.3. The molecule has 0 saturated carbocycles. The van der Waals surface area contributed by atoms with Crippen LogP contribution in [0.5, 0.6) is 5.75 Å². The van der Waals surface area contributed by atoms with Crippen molar-refractivity contribution in [3.8, 4) is 5.75 Å². The number of likely N-dealkylation sites (tertiary alicyclic amines) is 1. The van der Waals surface area contributed by atoms with Gasteiger partial charge in [-0.1, -0.05) is 20.8 Å². The number of ether oxygens (including phenoxy) is 1. The molecule has 6 heteroatoms. The Morgan fingerprint density at radius 1 is 1.00 bits per heavy atom. The number of rotatable bonds is 6. The van der Waals surface area contributed by atoms with Crippen molar-refractivity contribution in [2.24, 2.45) is 10.8 Å². The summed E-state index contributed by atoms with van der Waals surface area (Å²) in [7, 11) is 1.53. The van der Waals surface area contributed by atoms with E-state index in [0.717, 1.165) is 0 Å². The maximum Gasteiger partial charge on any atom is 0.237 e. The minimum atomic E-state index is -1.66. The number of piperidine rings is 1. The van der Waals surface area contributed by atoms with E-state index in [1.165, 1.54) is 7.11 Å². The van der Waals surface area contributed by atoms with Crippen molar-refractivity contribution < 1.29 is 23.9 Å². The highest BCUT2D eigenvalue weighted by molar-refractivity contribution is 6.15. The topological polar surface area (TPSA) is 80.8 Å². The summed E-state index contributed by atoms with van der Waals surface area (Å²) < 4.78 is 5.12. The summed E-state index contributed by atoms with van der Waals surface area (Å²) in [6.07, 6.45) is -0.440. The van der Waals surface area contributed by atoms with E-state index < -0.39 is 22.3 Å². The van der Waals surface area contributed by atoms with Gasteiger partial charge in [0.2, 0.25) is 5.91 Å². The van der Waals surface area contributed by atoms with E-state index in [1.807, 2.05) is 20.8 Å². The Labute approximate surface area is 179 Å². The van der Waals surface area contributed by atoms with E-state index in [4.69, 9.17) is 4.74 Å². The largest absolute Gasteiger partial charge is 0.497 e. The van der Waals surface area contributed by atoms with Gasteiger partial charge in [-0.2, -0.15) is 0 Å². The van der Waals surface area contributed by atoms with Gasteiger partial charge in [0, 0.05) is 42.3 Å². The predicted octanol–water partition coefficient (Wildman–Crippen LogP) is 3.86. The van der Waals surface area contributed by atoms with Crippen molar-refractivity contribution >= 4 is 23.3 Å². The fraction of sp³-hybridized carbons (Fsp3) is 0.583. The number of hydrogen-bond donors (Lipinski definition) is 0. The lowest BCUT2D eigenvalue weighted by Crippen LogP contribution is -2.61. The summed E-state index contributed by atoms with van der Waals surface area (Å²) in [6, 6.07) is 6.54. The standard InChI is InChI=1S/C24H33NO5/c1-22(2,3)20(28)15-24(14-18(26)16-8-10-17(30-7)11-9-16)19(27)12-13-25(21(24)29)23(4,5)6/h8-11H,12-15H2,1-7H3. The molecule has 1 unspecified atom stereocenters. The van der Waals surface area contributed by atoms with Crippen LogP contribution in [-0.4, -0.2) is 47.4 Å². The average Bonchev–Trinajstić information content (AvgIpc) is 2.64. The van der Waals surface area contributed by atoms with Gasteiger partial charge in [-0.05, 0) is 45.0 Å². The van der Waals surface area contributed by atoms with E-state index in [-0.39, 0.29) is 36.6 Å². The SMILES string of the molecule is COc1ccc(C(=O)CC2(CC(=O)C(C)(C)C)C(=O)CCN(C(C)(C)C)C2=O)cc1. The Balaban J connectivity index is 2.49. The smallest absolute Gasteiger partial charge is 0.237 e. The number of amides is 1. The van der Waals surface area contributed by atoms with Crippen LogP contribution in [0.1, 0.15) is 71.2 Å². The number of methoxy groups -OCH3 is 1. The van der Waals surface area contributed by atoms with Crippen molar-refractivity contribution in [3.05, 3.63) is 29.8 Å². The Bertz CT molecular complexity index is 842. The molecule has 0 N–H and O–H groups in total. The molecule has 0 bridgehead atoms. The fourth-order valence-electron chi connectivity index (χ4n) is 3.68. The van der Waals surface area contributed by atoms with Gasteiger partial charge in [0.1, 0.15) is 16.9 Å². The van der Waals surface area contributed by atoms with Gasteiger partial charge >= 0.3 is 0 Å². The quantitative estimate of drug-likeness (QED) is 0.521. The van der Waals surface area contributed by atoms with Crippen molar-refractivity contribution in [3.63, 3.8) is 0 Å². The molecule has 1 aliphatic heterocycles. The zero-order chi connectivity index (χ0) is 22.9. The van der Waals surface area contributed by atoms with Crippen molar-refractivity contribution in [1.82, 2.24) is 4.90 Å². The van der Waals surface area contributed by atoms with E-state index >= 15 is 0 Å². The van der Waals surface area contributed by atoms with Crippen molar-refractivity contribution in [2.45, 2.75) is 66.3 Å². The summed E-state index contributed by atoms with van der Waals surface area (Å²) in [5.74, 6) is -0.689. The van der Waals surface area contributed by atoms with E-state index in [1.54, 1.807) is 49.9 Å². The van der Waals surface area contributed by atoms with Crippen molar-refractivity contribution in [1.29, 1.82) is 0 Å². The molecule has 0 radical (unpaired) electrons. The number of hydrogen-bond acceptors (Lipinski definition) is 5. The summed E-state index contributed by atoms with van der Waals surface area (Å²) in [6.45, 7) is 11.2. The molecular weight excluding hydrogens is 382 g/mol. The molecule has 1 aliphatic rings. The lowest BCUT2D eigenvalue weighted by Gasteiger charge is -2.46. The zero-order valence-corrected chi connectivity index (χ0v) is 19.1. The number of benzene rings is 1. The molecule has 1 heterocycles. The monoisotopic (exact) mass is 415 g/mol. The molecule has 164 valence electrons. The lowest BCUT2D eigenvalue weighted by molar-refractivity contribution is -0.162. The molecule has 6 nitrogen and oxygen atoms in total. The molecule has 0 spiro atoms. The van der Waals surface area contributed by atoms with Gasteiger partial charge in [0.25, 0.3) is 0 Å². The second-order valence-corrected chi connectivity index (χ2v) is 10.1. The van der Waals surface area contributed by atoms with Crippen molar-refractivity contribution in [2.75, 3.05) is 13.7 Å². The highest BCUT2D eigenvalue weighted by Gasteiger charge is 2.55. The molecular formula is C24H33NO5. The third kappa shape index (κ3) is 4.79. The molecule has 30 heavy (non-hydrogen) atoms. The van der Waals surface area contributed by atoms with Crippen LogP contribution < -0.4 is 4.74 Å². The highest BCUT2D eigenvalue weighted by Crippen LogP contribution is 2.41. The van der Waals surface area contributed by atoms with Gasteiger partial charge in [-0.3, -0.25) is 19.2 Å². The van der Waals surface area contributed by atoms with Gasteiger partial charge in [0.15, 0.2) is 11.6 Å². The molecule has 1 amide bonds. The van der Waals surface area contributed by atoms with Crippen LogP contribution in [-0.2, 0) is 14.4 Å². The summed E-state index contributed by atoms with van der Waals surface area (Å²) in [4.78, 5) is 54.5. The van der Waals surface area contributed by atoms with Crippen LogP contribution in [0.3, 0.4) is 0 Å². The molecule has 1 fully saturated rings. The molecule has 1 aromatic rings. The molecule has 0 aromatic heterocycles. The third-order valence-electron chi connectivity index (χ3n) is 5.73. The third-order valence-corrected chi connectivity index (χ3v) is 5.73. The Morgan fingerprint density at radius 2 is 1.57 bits per heavy atom. The van der Waals surface area contributed by atoms with Gasteiger partial charge in [0.05, 0.1) is 7.11 Å². The number of nitrogens with zero attached hydrogens (tertiary/aromatic N) is 1. The maximum atomic E-state index is 13.6. The van der Waals surface area contributed by atoms with Gasteiger partial charge in [-0.15, -0.1) is 0 Å². The molecule has 1 aromatic carbocycles. The second kappa shape index (κ2) is 8.32. The predicted molar refractivity (Wildman–Crippen MR) is 115 cm³/mol. The van der Waals surface area contributed by atoms with E-state index in [9.17, 15) is 19.2 Å². The molecule has 2 rings (SSSR count). The number of ketones is 3. The maximum absolute atomic E-state index is 13.6. The average molecular weight is 416 g/mol. The Hall–Kier alpha value is -2.50. The second-order valence-electron chi connectivity index (χ2n) is 10.1. The Kier molecular flexibility index (Phi) is 6.60. The number of carbonyl (C=O) groups excluding carboxylic acids is 4. The number of carbonyl (C=O) groups is 4. The Morgan fingerprint density at radius 3 is 2.03 bits per heavy atom. The van der Waals surface area contributed by atoms with Crippen LogP contribution in [0.4, 0.5) is 0 Å². The molecule has 1 saturated heterocycles. The van der Waals surface area contributed by atoms with E-state index in [2.05, 4.69) is 0 Å². The lowest BCUT2D eigenvalue weighted by atomic mass is 9.67. The molecule has 1 atom stereocenters. The first kappa shape index (κ1) is 23.8.